The van der Waals surface area contributed by atoms with E-state index in [1.165, 1.54) is 12.5 Å². The first kappa shape index (κ1) is 23.4. The van der Waals surface area contributed by atoms with Crippen LogP contribution in [0.2, 0.25) is 0 Å². The highest BCUT2D eigenvalue weighted by molar-refractivity contribution is 7.92. The molecule has 33 heavy (non-hydrogen) atoms. The van der Waals surface area contributed by atoms with E-state index in [-0.39, 0.29) is 39.6 Å². The third-order valence-electron chi connectivity index (χ3n) is 10.3. The quantitative estimate of drug-likeness (QED) is 0.605. The summed E-state index contributed by atoms with van der Waals surface area (Å²) in [6.45, 7) is 12.0. The number of piperazine rings is 1. The van der Waals surface area contributed by atoms with Gasteiger partial charge in [-0.15, -0.1) is 0 Å². The van der Waals surface area contributed by atoms with Gasteiger partial charge in [-0.2, -0.15) is 0 Å². The molecule has 0 aromatic carbocycles. The fourth-order valence-electron chi connectivity index (χ4n) is 8.81. The monoisotopic (exact) mass is 476 g/mol. The van der Waals surface area contributed by atoms with Crippen molar-refractivity contribution in [1.29, 1.82) is 0 Å². The summed E-state index contributed by atoms with van der Waals surface area (Å²) >= 11 is 0. The fourth-order valence-corrected chi connectivity index (χ4v) is 11.5. The summed E-state index contributed by atoms with van der Waals surface area (Å²) in [5.74, 6) is 0.0860. The second kappa shape index (κ2) is 7.58. The van der Waals surface area contributed by atoms with Gasteiger partial charge in [0.05, 0.1) is 11.0 Å². The summed E-state index contributed by atoms with van der Waals surface area (Å²) in [5.41, 5.74) is 0.366. The fraction of sp³-hybridized carbons (Fsp3) is 0.808. The molecule has 6 nitrogen and oxygen atoms in total. The maximum absolute atomic E-state index is 13.8. The average molecular weight is 477 g/mol. The van der Waals surface area contributed by atoms with Crippen LogP contribution in [-0.4, -0.2) is 61.5 Å². The van der Waals surface area contributed by atoms with Crippen LogP contribution in [0.4, 0.5) is 0 Å². The Labute approximate surface area is 198 Å². The first-order chi connectivity index (χ1) is 15.4. The van der Waals surface area contributed by atoms with E-state index in [1.807, 2.05) is 4.90 Å². The minimum atomic E-state index is -3.51. The van der Waals surface area contributed by atoms with Crippen LogP contribution < -0.4 is 5.32 Å². The molecule has 0 radical (unpaired) electrons. The molecule has 5 rings (SSSR count). The molecule has 4 fully saturated rings. The number of allylic oxidation sites excluding steroid dienone is 1. The lowest BCUT2D eigenvalue weighted by atomic mass is 9.41. The second-order valence-electron chi connectivity index (χ2n) is 12.5. The van der Waals surface area contributed by atoms with Gasteiger partial charge in [0, 0.05) is 37.7 Å². The van der Waals surface area contributed by atoms with Crippen LogP contribution in [0.15, 0.2) is 23.5 Å². The van der Waals surface area contributed by atoms with Crippen LogP contribution in [0.5, 0.6) is 0 Å². The maximum Gasteiger partial charge on any atom is 0.250 e. The zero-order valence-electron chi connectivity index (χ0n) is 20.6. The minimum Gasteiger partial charge on any atom is -0.508 e. The SMILES string of the molecule is CC1(C)CCC[C@]2(C)[C@H]3CS(=O)(=O)C4C=C(O)C=C(C(=O)N5CCNCC5)C4[C@]3(C)CC[C@@H]12. The summed E-state index contributed by atoms with van der Waals surface area (Å²) in [6.07, 6.45) is 8.47. The Hall–Kier alpha value is -1.34. The smallest absolute Gasteiger partial charge is 0.250 e. The zero-order chi connectivity index (χ0) is 23.8. The lowest BCUT2D eigenvalue weighted by molar-refractivity contribution is -0.142. The molecular weight excluding hydrogens is 436 g/mol. The van der Waals surface area contributed by atoms with Crippen molar-refractivity contribution in [2.45, 2.75) is 65.0 Å². The Balaban J connectivity index is 1.61. The molecule has 2 aliphatic heterocycles. The van der Waals surface area contributed by atoms with E-state index in [0.29, 0.717) is 24.6 Å². The lowest BCUT2D eigenvalue weighted by Gasteiger charge is -2.66. The molecule has 2 heterocycles. The summed E-state index contributed by atoms with van der Waals surface area (Å²) in [6, 6.07) is 0. The maximum atomic E-state index is 13.8. The molecular formula is C26H40N2O4S. The number of sulfone groups is 1. The van der Waals surface area contributed by atoms with Crippen LogP contribution in [0, 0.1) is 34.0 Å². The molecule has 2 saturated heterocycles. The number of hydrogen-bond acceptors (Lipinski definition) is 5. The van der Waals surface area contributed by atoms with Gasteiger partial charge in [-0.25, -0.2) is 8.42 Å². The zero-order valence-corrected chi connectivity index (χ0v) is 21.4. The number of carbonyl (C=O) groups excluding carboxylic acids is 1. The van der Waals surface area contributed by atoms with Gasteiger partial charge in [-0.05, 0) is 65.9 Å². The van der Waals surface area contributed by atoms with Crippen molar-refractivity contribution in [2.75, 3.05) is 31.9 Å². The van der Waals surface area contributed by atoms with Gasteiger partial charge in [0.25, 0.3) is 0 Å². The number of amides is 1. The molecule has 0 bridgehead atoms. The molecule has 1 amide bonds. The molecule has 184 valence electrons. The van der Waals surface area contributed by atoms with Gasteiger partial charge in [0.2, 0.25) is 5.91 Å². The van der Waals surface area contributed by atoms with Crippen LogP contribution in [-0.2, 0) is 14.6 Å². The number of carbonyl (C=O) groups is 1. The second-order valence-corrected chi connectivity index (χ2v) is 14.7. The predicted octanol–water partition coefficient (Wildman–Crippen LogP) is 3.46. The molecule has 2 unspecified atom stereocenters. The molecule has 7 heteroatoms. The van der Waals surface area contributed by atoms with Crippen molar-refractivity contribution in [1.82, 2.24) is 10.2 Å². The number of nitrogens with zero attached hydrogens (tertiary/aromatic N) is 1. The summed E-state index contributed by atoms with van der Waals surface area (Å²) < 4.78 is 27.5. The van der Waals surface area contributed by atoms with Crippen LogP contribution in [0.25, 0.3) is 0 Å². The third-order valence-corrected chi connectivity index (χ3v) is 12.4. The van der Waals surface area contributed by atoms with E-state index < -0.39 is 21.0 Å². The van der Waals surface area contributed by atoms with Crippen LogP contribution in [0.3, 0.4) is 0 Å². The van der Waals surface area contributed by atoms with Crippen molar-refractivity contribution in [3.05, 3.63) is 23.5 Å². The largest absolute Gasteiger partial charge is 0.508 e. The molecule has 3 aliphatic carbocycles. The molecule has 2 N–H and O–H groups in total. The molecule has 0 aromatic rings. The van der Waals surface area contributed by atoms with Crippen molar-refractivity contribution in [2.24, 2.45) is 34.0 Å². The van der Waals surface area contributed by atoms with Crippen molar-refractivity contribution in [3.63, 3.8) is 0 Å². The molecule has 2 saturated carbocycles. The average Bonchev–Trinajstić information content (AvgIpc) is 2.74. The summed E-state index contributed by atoms with van der Waals surface area (Å²) in [4.78, 5) is 15.6. The molecule has 6 atom stereocenters. The molecule has 0 aromatic heterocycles. The first-order valence-electron chi connectivity index (χ1n) is 12.7. The van der Waals surface area contributed by atoms with Gasteiger partial charge in [0.15, 0.2) is 9.84 Å². The van der Waals surface area contributed by atoms with E-state index >= 15 is 0 Å². The standard InChI is InChI=1S/C26H40N2O4S/c1-24(2)7-5-8-25(3)20(24)6-9-26(4)21(25)16-33(31,32)19-15-17(29)14-18(22(19)26)23(30)28-12-10-27-11-13-28/h14-15,19-22,27,29H,5-13,16H2,1-4H3/t19?,20-,21+,22?,25-,26+/m0/s1. The minimum absolute atomic E-state index is 0.0161. The lowest BCUT2D eigenvalue weighted by Crippen LogP contribution is -2.65. The molecule has 0 spiro atoms. The number of hydrogen-bond donors (Lipinski definition) is 2. The number of aliphatic hydroxyl groups excluding tert-OH is 1. The van der Waals surface area contributed by atoms with Crippen LogP contribution >= 0.6 is 0 Å². The topological polar surface area (TPSA) is 86.7 Å². The van der Waals surface area contributed by atoms with E-state index in [1.54, 1.807) is 6.08 Å². The summed E-state index contributed by atoms with van der Waals surface area (Å²) in [5, 5.41) is 13.0. The number of fused-ring (bicyclic) bond motifs is 5. The highest BCUT2D eigenvalue weighted by Gasteiger charge is 2.66. The number of rotatable bonds is 1. The van der Waals surface area contributed by atoms with E-state index in [0.717, 1.165) is 38.8 Å². The number of nitrogens with one attached hydrogen (secondary N) is 1. The Morgan fingerprint density at radius 2 is 1.76 bits per heavy atom. The third kappa shape index (κ3) is 3.43. The highest BCUT2D eigenvalue weighted by Crippen LogP contribution is 2.69. The van der Waals surface area contributed by atoms with Gasteiger partial charge in [-0.1, -0.05) is 34.1 Å². The van der Waals surface area contributed by atoms with Gasteiger partial charge < -0.3 is 15.3 Å². The predicted molar refractivity (Wildman–Crippen MR) is 129 cm³/mol. The Kier molecular flexibility index (Phi) is 5.37. The first-order valence-corrected chi connectivity index (χ1v) is 14.5. The van der Waals surface area contributed by atoms with Gasteiger partial charge in [-0.3, -0.25) is 4.79 Å². The van der Waals surface area contributed by atoms with Crippen molar-refractivity contribution >= 4 is 15.7 Å². The Bertz CT molecular complexity index is 1010. The molecule has 5 aliphatic rings. The normalized spacial score (nSPS) is 43.9. The van der Waals surface area contributed by atoms with E-state index in [2.05, 4.69) is 33.0 Å². The summed E-state index contributed by atoms with van der Waals surface area (Å²) in [7, 11) is -3.51. The van der Waals surface area contributed by atoms with Gasteiger partial charge >= 0.3 is 0 Å². The van der Waals surface area contributed by atoms with E-state index in [4.69, 9.17) is 0 Å². The number of aliphatic hydroxyl groups is 1. The van der Waals surface area contributed by atoms with Crippen molar-refractivity contribution < 1.29 is 18.3 Å². The van der Waals surface area contributed by atoms with Gasteiger partial charge in [0.1, 0.15) is 5.76 Å². The van der Waals surface area contributed by atoms with Crippen LogP contribution in [0.1, 0.15) is 59.8 Å². The Morgan fingerprint density at radius 3 is 2.45 bits per heavy atom. The Morgan fingerprint density at radius 1 is 1.06 bits per heavy atom. The highest BCUT2D eigenvalue weighted by atomic mass is 32.2. The van der Waals surface area contributed by atoms with E-state index in [9.17, 15) is 18.3 Å². The van der Waals surface area contributed by atoms with Crippen molar-refractivity contribution in [3.8, 4) is 0 Å².